The summed E-state index contributed by atoms with van der Waals surface area (Å²) in [5.74, 6) is -0.702. The molecular formula is C22H19FN4O2S2. The second-order valence-corrected chi connectivity index (χ2v) is 8.58. The third-order valence-corrected chi connectivity index (χ3v) is 6.43. The molecule has 0 atom stereocenters. The molecule has 0 aliphatic heterocycles. The van der Waals surface area contributed by atoms with E-state index in [0.29, 0.717) is 33.3 Å². The highest BCUT2D eigenvalue weighted by molar-refractivity contribution is 7.99. The summed E-state index contributed by atoms with van der Waals surface area (Å²) in [6.45, 7) is 4.28. The largest absolute Gasteiger partial charge is 0.325 e. The topological polar surface area (TPSA) is 76.9 Å². The SMILES string of the molecule is CCn1c(SCC(=O)Nc2cccc(F)c2)nc2c(-c3ccc(C)cc3)nsc2c1=O. The number of carbonyl (C=O) groups excluding carboxylic acids is 1. The molecule has 9 heteroatoms. The number of thioether (sulfide) groups is 1. The number of anilines is 1. The van der Waals surface area contributed by atoms with Crippen molar-refractivity contribution >= 4 is 45.1 Å². The number of benzene rings is 2. The average Bonchev–Trinajstić information content (AvgIpc) is 3.17. The van der Waals surface area contributed by atoms with E-state index < -0.39 is 5.82 Å². The Balaban J connectivity index is 1.63. The first-order valence-corrected chi connectivity index (χ1v) is 11.4. The number of aryl methyl sites for hydroxylation is 1. The highest BCUT2D eigenvalue weighted by atomic mass is 32.2. The minimum absolute atomic E-state index is 0.0336. The molecule has 0 spiro atoms. The van der Waals surface area contributed by atoms with Gasteiger partial charge < -0.3 is 5.32 Å². The maximum absolute atomic E-state index is 13.3. The van der Waals surface area contributed by atoms with Gasteiger partial charge in [-0.3, -0.25) is 14.2 Å². The Kier molecular flexibility index (Phi) is 6.15. The van der Waals surface area contributed by atoms with E-state index in [1.54, 1.807) is 10.6 Å². The molecule has 0 saturated heterocycles. The molecule has 0 unspecified atom stereocenters. The number of nitrogens with one attached hydrogen (secondary N) is 1. The van der Waals surface area contributed by atoms with Crippen LogP contribution in [0.2, 0.25) is 0 Å². The first-order chi connectivity index (χ1) is 15.0. The van der Waals surface area contributed by atoms with Gasteiger partial charge in [0.1, 0.15) is 21.7 Å². The highest BCUT2D eigenvalue weighted by Gasteiger charge is 2.18. The third kappa shape index (κ3) is 4.52. The summed E-state index contributed by atoms with van der Waals surface area (Å²) in [6, 6.07) is 13.6. The second-order valence-electron chi connectivity index (χ2n) is 6.87. The Hall–Kier alpha value is -3.04. The molecule has 0 fully saturated rings. The number of hydrogen-bond donors (Lipinski definition) is 1. The summed E-state index contributed by atoms with van der Waals surface area (Å²) in [5, 5.41) is 3.10. The summed E-state index contributed by atoms with van der Waals surface area (Å²) in [6.07, 6.45) is 0. The van der Waals surface area contributed by atoms with Gasteiger partial charge in [0.25, 0.3) is 5.56 Å². The van der Waals surface area contributed by atoms with Crippen LogP contribution in [0.15, 0.2) is 58.5 Å². The Morgan fingerprint density at radius 1 is 1.23 bits per heavy atom. The van der Waals surface area contributed by atoms with Gasteiger partial charge in [-0.25, -0.2) is 9.37 Å². The van der Waals surface area contributed by atoms with E-state index in [1.165, 1.54) is 18.2 Å². The molecule has 2 heterocycles. The van der Waals surface area contributed by atoms with E-state index in [4.69, 9.17) is 4.98 Å². The quantitative estimate of drug-likeness (QED) is 0.337. The van der Waals surface area contributed by atoms with Gasteiger partial charge in [-0.05, 0) is 43.6 Å². The maximum atomic E-state index is 13.3. The van der Waals surface area contributed by atoms with Crippen LogP contribution in [-0.4, -0.2) is 25.6 Å². The molecule has 31 heavy (non-hydrogen) atoms. The van der Waals surface area contributed by atoms with E-state index in [9.17, 15) is 14.0 Å². The zero-order valence-electron chi connectivity index (χ0n) is 16.9. The van der Waals surface area contributed by atoms with Crippen molar-refractivity contribution < 1.29 is 9.18 Å². The number of halogens is 1. The normalized spacial score (nSPS) is 11.1. The van der Waals surface area contributed by atoms with Crippen molar-refractivity contribution in [1.29, 1.82) is 0 Å². The van der Waals surface area contributed by atoms with Crippen molar-refractivity contribution in [2.24, 2.45) is 0 Å². The van der Waals surface area contributed by atoms with Gasteiger partial charge in [0.2, 0.25) is 5.91 Å². The molecule has 2 aromatic heterocycles. The van der Waals surface area contributed by atoms with Crippen LogP contribution in [0.5, 0.6) is 0 Å². The number of aromatic nitrogens is 3. The van der Waals surface area contributed by atoms with Crippen molar-refractivity contribution in [3.63, 3.8) is 0 Å². The molecule has 6 nitrogen and oxygen atoms in total. The van der Waals surface area contributed by atoms with Crippen LogP contribution in [-0.2, 0) is 11.3 Å². The van der Waals surface area contributed by atoms with E-state index >= 15 is 0 Å². The lowest BCUT2D eigenvalue weighted by Crippen LogP contribution is -2.22. The number of carbonyl (C=O) groups is 1. The molecule has 1 N–H and O–H groups in total. The monoisotopic (exact) mass is 454 g/mol. The number of rotatable bonds is 6. The number of fused-ring (bicyclic) bond motifs is 1. The number of amides is 1. The van der Waals surface area contributed by atoms with Crippen molar-refractivity contribution in [1.82, 2.24) is 13.9 Å². The van der Waals surface area contributed by atoms with Crippen molar-refractivity contribution in [2.75, 3.05) is 11.1 Å². The molecule has 4 rings (SSSR count). The molecule has 4 aromatic rings. The fourth-order valence-corrected chi connectivity index (χ4v) is 4.73. The Morgan fingerprint density at radius 3 is 2.71 bits per heavy atom. The smallest absolute Gasteiger partial charge is 0.273 e. The zero-order valence-corrected chi connectivity index (χ0v) is 18.5. The fourth-order valence-electron chi connectivity index (χ4n) is 3.08. The predicted octanol–water partition coefficient (Wildman–Crippen LogP) is 4.72. The zero-order chi connectivity index (χ0) is 22.0. The molecule has 0 bridgehead atoms. The number of hydrogen-bond acceptors (Lipinski definition) is 6. The van der Waals surface area contributed by atoms with Gasteiger partial charge in [-0.15, -0.1) is 0 Å². The summed E-state index contributed by atoms with van der Waals surface area (Å²) in [4.78, 5) is 30.0. The molecule has 0 aliphatic rings. The van der Waals surface area contributed by atoms with Crippen LogP contribution in [0.1, 0.15) is 12.5 Å². The van der Waals surface area contributed by atoms with Gasteiger partial charge in [0.15, 0.2) is 5.16 Å². The van der Waals surface area contributed by atoms with Crippen LogP contribution >= 0.6 is 23.3 Å². The molecular weight excluding hydrogens is 435 g/mol. The summed E-state index contributed by atoms with van der Waals surface area (Å²) >= 11 is 2.30. The van der Waals surface area contributed by atoms with E-state index in [-0.39, 0.29) is 17.2 Å². The third-order valence-electron chi connectivity index (χ3n) is 4.63. The lowest BCUT2D eigenvalue weighted by Gasteiger charge is -2.10. The molecule has 158 valence electrons. The van der Waals surface area contributed by atoms with E-state index in [2.05, 4.69) is 9.69 Å². The minimum atomic E-state index is -0.425. The lowest BCUT2D eigenvalue weighted by atomic mass is 10.1. The van der Waals surface area contributed by atoms with Crippen LogP contribution in [0, 0.1) is 12.7 Å². The Morgan fingerprint density at radius 2 is 2.00 bits per heavy atom. The minimum Gasteiger partial charge on any atom is -0.325 e. The van der Waals surface area contributed by atoms with Gasteiger partial charge in [-0.2, -0.15) is 4.37 Å². The summed E-state index contributed by atoms with van der Waals surface area (Å²) in [5.41, 5.74) is 3.42. The van der Waals surface area contributed by atoms with Crippen LogP contribution in [0.25, 0.3) is 21.5 Å². The van der Waals surface area contributed by atoms with E-state index in [0.717, 1.165) is 34.4 Å². The first-order valence-electron chi connectivity index (χ1n) is 9.61. The molecule has 2 aromatic carbocycles. The van der Waals surface area contributed by atoms with Crippen molar-refractivity contribution in [2.45, 2.75) is 25.5 Å². The molecule has 0 aliphatic carbocycles. The fraction of sp³-hybridized carbons (Fsp3) is 0.182. The molecule has 0 saturated carbocycles. The van der Waals surface area contributed by atoms with Crippen LogP contribution in [0.4, 0.5) is 10.1 Å². The highest BCUT2D eigenvalue weighted by Crippen LogP contribution is 2.29. The average molecular weight is 455 g/mol. The predicted molar refractivity (Wildman–Crippen MR) is 123 cm³/mol. The first kappa shape index (κ1) is 21.2. The lowest BCUT2D eigenvalue weighted by molar-refractivity contribution is -0.113. The van der Waals surface area contributed by atoms with E-state index in [1.807, 2.05) is 38.1 Å². The maximum Gasteiger partial charge on any atom is 0.273 e. The number of nitrogens with zero attached hydrogens (tertiary/aromatic N) is 3. The molecule has 0 radical (unpaired) electrons. The van der Waals surface area contributed by atoms with Crippen molar-refractivity contribution in [3.05, 3.63) is 70.3 Å². The Labute approximate surface area is 186 Å². The summed E-state index contributed by atoms with van der Waals surface area (Å²) in [7, 11) is 0. The standard InChI is InChI=1S/C22H19FN4O2S2/c1-3-27-21(29)20-19(18(26-31-20)14-9-7-13(2)8-10-14)25-22(27)30-12-17(28)24-16-6-4-5-15(23)11-16/h4-11H,3,12H2,1-2H3,(H,24,28). The second kappa shape index (κ2) is 8.99. The van der Waals surface area contributed by atoms with Gasteiger partial charge >= 0.3 is 0 Å². The van der Waals surface area contributed by atoms with Crippen LogP contribution in [0.3, 0.4) is 0 Å². The van der Waals surface area contributed by atoms with Crippen molar-refractivity contribution in [3.8, 4) is 11.3 Å². The van der Waals surface area contributed by atoms with Gasteiger partial charge in [-0.1, -0.05) is 47.7 Å². The Bertz CT molecular complexity index is 1320. The van der Waals surface area contributed by atoms with Crippen LogP contribution < -0.4 is 10.9 Å². The van der Waals surface area contributed by atoms with Gasteiger partial charge in [0, 0.05) is 17.8 Å². The van der Waals surface area contributed by atoms with Gasteiger partial charge in [0.05, 0.1) is 5.75 Å². The molecule has 1 amide bonds. The summed E-state index contributed by atoms with van der Waals surface area (Å²) < 4.78 is 19.8.